The quantitative estimate of drug-likeness (QED) is 0.513. The second-order valence-corrected chi connectivity index (χ2v) is 7.74. The first-order chi connectivity index (χ1) is 14.4. The van der Waals surface area contributed by atoms with Crippen LogP contribution in [0.1, 0.15) is 17.3 Å². The molecule has 0 saturated heterocycles. The lowest BCUT2D eigenvalue weighted by atomic mass is 10.1. The van der Waals surface area contributed by atoms with Crippen molar-refractivity contribution < 1.29 is 9.59 Å². The van der Waals surface area contributed by atoms with Gasteiger partial charge in [0.2, 0.25) is 10.9 Å². The van der Waals surface area contributed by atoms with E-state index in [4.69, 9.17) is 0 Å². The molecular weight excluding hydrogens is 400 g/mol. The van der Waals surface area contributed by atoms with Gasteiger partial charge in [0.1, 0.15) is 0 Å². The highest BCUT2D eigenvalue weighted by molar-refractivity contribution is 7.15. The van der Waals surface area contributed by atoms with Crippen LogP contribution in [-0.4, -0.2) is 40.5 Å². The van der Waals surface area contributed by atoms with Crippen LogP contribution in [-0.2, 0) is 4.79 Å². The Labute approximate surface area is 177 Å². The average molecular weight is 420 g/mol. The monoisotopic (exact) mass is 420 g/mol. The van der Waals surface area contributed by atoms with Crippen molar-refractivity contribution in [3.63, 3.8) is 0 Å². The van der Waals surface area contributed by atoms with Crippen molar-refractivity contribution in [2.24, 2.45) is 0 Å². The third kappa shape index (κ3) is 4.01. The van der Waals surface area contributed by atoms with Gasteiger partial charge < -0.3 is 10.2 Å². The molecule has 4 rings (SSSR count). The molecule has 0 spiro atoms. The lowest BCUT2D eigenvalue weighted by Crippen LogP contribution is -2.14. The Kier molecular flexibility index (Phi) is 5.20. The average Bonchev–Trinajstić information content (AvgIpc) is 3.28. The number of hydrogen-bond acceptors (Lipinski definition) is 6. The molecular formula is C21H20N6O2S. The first-order valence-electron chi connectivity index (χ1n) is 9.22. The number of nitrogens with zero attached hydrogens (tertiary/aromatic N) is 4. The van der Waals surface area contributed by atoms with E-state index in [0.29, 0.717) is 10.5 Å². The van der Waals surface area contributed by atoms with E-state index in [1.54, 1.807) is 16.6 Å². The molecule has 0 bridgehead atoms. The number of hydrogen-bond donors (Lipinski definition) is 2. The molecule has 30 heavy (non-hydrogen) atoms. The van der Waals surface area contributed by atoms with Gasteiger partial charge in [-0.15, -0.1) is 16.4 Å². The summed E-state index contributed by atoms with van der Waals surface area (Å²) in [6.45, 7) is 1.47. The Morgan fingerprint density at radius 3 is 2.33 bits per heavy atom. The summed E-state index contributed by atoms with van der Waals surface area (Å²) < 4.78 is 1.70. The minimum atomic E-state index is -0.264. The first kappa shape index (κ1) is 19.6. The summed E-state index contributed by atoms with van der Waals surface area (Å²) in [5.74, 6) is -0.131. The van der Waals surface area contributed by atoms with Crippen LogP contribution in [0, 0.1) is 0 Å². The Balaban J connectivity index is 1.54. The van der Waals surface area contributed by atoms with Gasteiger partial charge in [-0.25, -0.2) is 4.52 Å². The molecule has 152 valence electrons. The maximum absolute atomic E-state index is 12.5. The zero-order valence-electron chi connectivity index (χ0n) is 16.7. The molecule has 0 aliphatic carbocycles. The molecule has 0 fully saturated rings. The molecule has 0 unspecified atom stereocenters. The van der Waals surface area contributed by atoms with Crippen molar-refractivity contribution in [2.75, 3.05) is 29.6 Å². The molecule has 2 N–H and O–H groups in total. The Morgan fingerprint density at radius 2 is 1.70 bits per heavy atom. The number of fused-ring (bicyclic) bond motifs is 1. The van der Waals surface area contributed by atoms with Crippen molar-refractivity contribution in [1.29, 1.82) is 0 Å². The molecule has 2 heterocycles. The van der Waals surface area contributed by atoms with E-state index in [0.717, 1.165) is 22.6 Å². The van der Waals surface area contributed by atoms with Crippen LogP contribution in [0.5, 0.6) is 0 Å². The Morgan fingerprint density at radius 1 is 1.00 bits per heavy atom. The topological polar surface area (TPSA) is 91.6 Å². The van der Waals surface area contributed by atoms with Gasteiger partial charge in [-0.3, -0.25) is 14.9 Å². The molecule has 4 aromatic rings. The van der Waals surface area contributed by atoms with Gasteiger partial charge in [0.15, 0.2) is 0 Å². The van der Waals surface area contributed by atoms with E-state index in [-0.39, 0.29) is 17.8 Å². The molecule has 2 aromatic heterocycles. The zero-order chi connectivity index (χ0) is 21.3. The molecule has 0 saturated carbocycles. The van der Waals surface area contributed by atoms with Crippen LogP contribution in [0.3, 0.4) is 0 Å². The van der Waals surface area contributed by atoms with Gasteiger partial charge in [-0.2, -0.15) is 4.98 Å². The summed E-state index contributed by atoms with van der Waals surface area (Å²) in [4.78, 5) is 30.7. The van der Waals surface area contributed by atoms with Crippen molar-refractivity contribution in [3.8, 4) is 11.3 Å². The van der Waals surface area contributed by atoms with Gasteiger partial charge in [0.05, 0.1) is 5.69 Å². The molecule has 2 amide bonds. The molecule has 0 atom stereocenters. The normalized spacial score (nSPS) is 10.8. The van der Waals surface area contributed by atoms with Crippen LogP contribution in [0.4, 0.5) is 17.3 Å². The second kappa shape index (κ2) is 7.96. The first-order valence-corrected chi connectivity index (χ1v) is 10.1. The summed E-state index contributed by atoms with van der Waals surface area (Å²) in [5.41, 5.74) is 4.06. The van der Waals surface area contributed by atoms with Gasteiger partial charge in [0, 0.05) is 48.9 Å². The number of amides is 2. The highest BCUT2D eigenvalue weighted by Gasteiger charge is 2.14. The van der Waals surface area contributed by atoms with Crippen molar-refractivity contribution >= 4 is 45.4 Å². The third-order valence-electron chi connectivity index (χ3n) is 4.45. The molecule has 8 nitrogen and oxygen atoms in total. The molecule has 9 heteroatoms. The predicted molar refractivity (Wildman–Crippen MR) is 119 cm³/mol. The van der Waals surface area contributed by atoms with E-state index >= 15 is 0 Å². The van der Waals surface area contributed by atoms with Crippen LogP contribution in [0.15, 0.2) is 53.9 Å². The lowest BCUT2D eigenvalue weighted by molar-refractivity contribution is -0.114. The number of aromatic nitrogens is 3. The highest BCUT2D eigenvalue weighted by atomic mass is 32.1. The largest absolute Gasteiger partial charge is 0.378 e. The number of carbonyl (C=O) groups excluding carboxylic acids is 2. The second-order valence-electron chi connectivity index (χ2n) is 6.90. The highest BCUT2D eigenvalue weighted by Crippen LogP contribution is 2.27. The fourth-order valence-corrected chi connectivity index (χ4v) is 3.78. The van der Waals surface area contributed by atoms with Gasteiger partial charge in [0.25, 0.3) is 11.9 Å². The van der Waals surface area contributed by atoms with E-state index < -0.39 is 0 Å². The minimum Gasteiger partial charge on any atom is -0.378 e. The number of benzene rings is 2. The van der Waals surface area contributed by atoms with E-state index in [2.05, 4.69) is 20.7 Å². The van der Waals surface area contributed by atoms with Crippen molar-refractivity contribution in [1.82, 2.24) is 14.6 Å². The number of thiazole rings is 1. The van der Waals surface area contributed by atoms with E-state index in [1.165, 1.54) is 18.3 Å². The van der Waals surface area contributed by atoms with Gasteiger partial charge in [-0.1, -0.05) is 12.1 Å². The maximum Gasteiger partial charge on any atom is 0.258 e. The Hall–Kier alpha value is -3.72. The fourth-order valence-electron chi connectivity index (χ4n) is 2.94. The molecule has 0 aliphatic heterocycles. The Bertz CT molecular complexity index is 1210. The molecule has 2 aromatic carbocycles. The summed E-state index contributed by atoms with van der Waals surface area (Å²) in [5, 5.41) is 11.9. The van der Waals surface area contributed by atoms with Crippen molar-refractivity contribution in [2.45, 2.75) is 6.92 Å². The summed E-state index contributed by atoms with van der Waals surface area (Å²) in [6, 6.07) is 14.8. The molecule has 0 radical (unpaired) electrons. The summed E-state index contributed by atoms with van der Waals surface area (Å²) in [6.07, 6.45) is 0. The number of rotatable bonds is 5. The minimum absolute atomic E-state index is 0.117. The number of nitrogens with one attached hydrogen (secondary N) is 2. The summed E-state index contributed by atoms with van der Waals surface area (Å²) in [7, 11) is 3.89. The van der Waals surface area contributed by atoms with Gasteiger partial charge in [-0.05, 0) is 36.4 Å². The number of carbonyl (C=O) groups is 2. The number of anilines is 3. The van der Waals surface area contributed by atoms with E-state index in [9.17, 15) is 9.59 Å². The van der Waals surface area contributed by atoms with Crippen LogP contribution in [0.25, 0.3) is 16.2 Å². The van der Waals surface area contributed by atoms with E-state index in [1.807, 2.05) is 60.8 Å². The lowest BCUT2D eigenvalue weighted by Gasteiger charge is -2.12. The standard InChI is InChI=1S/C21H20N6O2S/c1-13(28)22-16-8-4-14(5-9-16)18-12-30-21-24-20(25-27(18)21)23-19(29)15-6-10-17(11-7-15)26(2)3/h4-12H,1-3H3,(H,22,28)(H,23,25,29). The third-order valence-corrected chi connectivity index (χ3v) is 5.27. The SMILES string of the molecule is CC(=O)Nc1ccc(-c2csc3nc(NC(=O)c4ccc(N(C)C)cc4)nn23)cc1. The van der Waals surface area contributed by atoms with Crippen LogP contribution >= 0.6 is 11.3 Å². The predicted octanol–water partition coefficient (Wildman–Crippen LogP) is 3.73. The van der Waals surface area contributed by atoms with Gasteiger partial charge >= 0.3 is 0 Å². The maximum atomic E-state index is 12.5. The van der Waals surface area contributed by atoms with Crippen LogP contribution in [0.2, 0.25) is 0 Å². The van der Waals surface area contributed by atoms with Crippen LogP contribution < -0.4 is 15.5 Å². The molecule has 0 aliphatic rings. The smallest absolute Gasteiger partial charge is 0.258 e. The van der Waals surface area contributed by atoms with Crippen molar-refractivity contribution in [3.05, 3.63) is 59.5 Å². The zero-order valence-corrected chi connectivity index (χ0v) is 17.5. The summed E-state index contributed by atoms with van der Waals surface area (Å²) >= 11 is 1.44. The fraction of sp³-hybridized carbons (Fsp3) is 0.143.